The molecule has 64 valence electrons. The van der Waals surface area contributed by atoms with E-state index < -0.39 is 12.0 Å². The van der Waals surface area contributed by atoms with E-state index >= 15 is 0 Å². The lowest BCUT2D eigenvalue weighted by Crippen LogP contribution is -2.39. The van der Waals surface area contributed by atoms with Crippen LogP contribution in [0.4, 0.5) is 0 Å². The van der Waals surface area contributed by atoms with Gasteiger partial charge in [0.15, 0.2) is 0 Å². The molecule has 3 nitrogen and oxygen atoms in total. The van der Waals surface area contributed by atoms with Crippen LogP contribution in [0, 0.1) is 0 Å². The van der Waals surface area contributed by atoms with Crippen LogP contribution < -0.4 is 5.73 Å². The van der Waals surface area contributed by atoms with Crippen LogP contribution in [0.25, 0.3) is 0 Å². The predicted octanol–water partition coefficient (Wildman–Crippen LogP) is 0.595. The molecule has 0 amide bonds. The molecular formula is C6H11NO2S2. The Labute approximate surface area is 74.1 Å². The molecule has 3 N–H and O–H groups in total. The molecule has 1 heterocycles. The van der Waals surface area contributed by atoms with Crippen LogP contribution in [0.3, 0.4) is 0 Å². The number of carboxylic acid groups (broad SMARTS) is 1. The van der Waals surface area contributed by atoms with E-state index in [1.165, 1.54) is 0 Å². The minimum Gasteiger partial charge on any atom is -0.480 e. The molecule has 1 rings (SSSR count). The summed E-state index contributed by atoms with van der Waals surface area (Å²) in [4.78, 5) is 10.4. The molecule has 0 spiro atoms. The first kappa shape index (κ1) is 9.22. The molecule has 1 aliphatic rings. The lowest BCUT2D eigenvalue weighted by Gasteiger charge is -2.23. The number of hydrogen-bond acceptors (Lipinski definition) is 4. The van der Waals surface area contributed by atoms with E-state index in [9.17, 15) is 4.79 Å². The van der Waals surface area contributed by atoms with E-state index in [1.807, 2.05) is 0 Å². The van der Waals surface area contributed by atoms with Gasteiger partial charge in [-0.2, -0.15) is 0 Å². The molecule has 0 aromatic carbocycles. The van der Waals surface area contributed by atoms with E-state index in [2.05, 4.69) is 0 Å². The van der Waals surface area contributed by atoms with Crippen molar-refractivity contribution in [3.63, 3.8) is 0 Å². The molecule has 0 aromatic heterocycles. The zero-order chi connectivity index (χ0) is 8.27. The Bertz CT molecular complexity index is 148. The first-order chi connectivity index (χ1) is 5.22. The van der Waals surface area contributed by atoms with Crippen molar-refractivity contribution < 1.29 is 9.90 Å². The van der Waals surface area contributed by atoms with Gasteiger partial charge in [-0.25, -0.2) is 0 Å². The third-order valence-corrected chi connectivity index (χ3v) is 4.54. The fourth-order valence-electron chi connectivity index (χ4n) is 0.830. The average molecular weight is 193 g/mol. The maximum absolute atomic E-state index is 10.4. The van der Waals surface area contributed by atoms with Gasteiger partial charge >= 0.3 is 5.97 Å². The molecule has 1 atom stereocenters. The average Bonchev–Trinajstić information content (AvgIpc) is 2.05. The quantitative estimate of drug-likeness (QED) is 0.672. The molecule has 1 saturated heterocycles. The lowest BCUT2D eigenvalue weighted by atomic mass is 10.4. The highest BCUT2D eigenvalue weighted by Gasteiger charge is 2.26. The van der Waals surface area contributed by atoms with E-state index in [-0.39, 0.29) is 4.58 Å². The second-order valence-corrected chi connectivity index (χ2v) is 5.12. The summed E-state index contributed by atoms with van der Waals surface area (Å²) >= 11 is 3.31. The van der Waals surface area contributed by atoms with Crippen molar-refractivity contribution >= 4 is 29.5 Å². The van der Waals surface area contributed by atoms with E-state index in [0.717, 1.165) is 17.9 Å². The second kappa shape index (κ2) is 4.23. The lowest BCUT2D eigenvalue weighted by molar-refractivity contribution is -0.138. The molecular weight excluding hydrogens is 182 g/mol. The highest BCUT2D eigenvalue weighted by Crippen LogP contribution is 2.32. The summed E-state index contributed by atoms with van der Waals surface area (Å²) in [7, 11) is 0. The Balaban J connectivity index is 2.38. The normalized spacial score (nSPS) is 23.0. The van der Waals surface area contributed by atoms with Crippen molar-refractivity contribution in [2.24, 2.45) is 5.73 Å². The number of aliphatic carboxylic acids is 1. The van der Waals surface area contributed by atoms with Crippen LogP contribution in [0.15, 0.2) is 0 Å². The number of nitrogens with two attached hydrogens (primary N) is 1. The van der Waals surface area contributed by atoms with Crippen molar-refractivity contribution in [2.75, 3.05) is 11.5 Å². The van der Waals surface area contributed by atoms with Gasteiger partial charge in [-0.3, -0.25) is 4.79 Å². The van der Waals surface area contributed by atoms with Crippen LogP contribution in [0.1, 0.15) is 6.42 Å². The van der Waals surface area contributed by atoms with Gasteiger partial charge in [0.2, 0.25) is 0 Å². The summed E-state index contributed by atoms with van der Waals surface area (Å²) in [5, 5.41) is 8.58. The molecule has 1 aliphatic heterocycles. The van der Waals surface area contributed by atoms with Gasteiger partial charge in [0.1, 0.15) is 6.04 Å². The highest BCUT2D eigenvalue weighted by atomic mass is 32.2. The fourth-order valence-corrected chi connectivity index (χ4v) is 3.71. The van der Waals surface area contributed by atoms with E-state index in [4.69, 9.17) is 10.8 Å². The van der Waals surface area contributed by atoms with Crippen molar-refractivity contribution in [1.82, 2.24) is 0 Å². The van der Waals surface area contributed by atoms with Crippen LogP contribution in [0.2, 0.25) is 0 Å². The van der Waals surface area contributed by atoms with Gasteiger partial charge in [0.05, 0.1) is 4.58 Å². The Morgan fingerprint density at radius 1 is 1.55 bits per heavy atom. The zero-order valence-electron chi connectivity index (χ0n) is 6.03. The summed E-state index contributed by atoms with van der Waals surface area (Å²) in [6, 6.07) is -0.703. The van der Waals surface area contributed by atoms with Gasteiger partial charge in [0.25, 0.3) is 0 Å². The van der Waals surface area contributed by atoms with Crippen molar-refractivity contribution in [1.29, 1.82) is 0 Å². The summed E-state index contributed by atoms with van der Waals surface area (Å²) < 4.78 is 0.0567. The standard InChI is InChI=1S/C6H11NO2S2/c7-4(5(8)9)6-10-2-1-3-11-6/h4,6H,1-3,7H2,(H,8,9)/t4-/m1/s1. The van der Waals surface area contributed by atoms with Gasteiger partial charge in [-0.1, -0.05) is 0 Å². The Hall–Kier alpha value is 0.130. The first-order valence-corrected chi connectivity index (χ1v) is 5.53. The SMILES string of the molecule is N[C@H](C(=O)O)C1SCCCS1. The van der Waals surface area contributed by atoms with Crippen LogP contribution >= 0.6 is 23.5 Å². The van der Waals surface area contributed by atoms with Crippen LogP contribution in [-0.4, -0.2) is 33.2 Å². The maximum Gasteiger partial charge on any atom is 0.322 e. The molecule has 0 unspecified atom stereocenters. The van der Waals surface area contributed by atoms with Crippen molar-refractivity contribution in [3.8, 4) is 0 Å². The topological polar surface area (TPSA) is 63.3 Å². The van der Waals surface area contributed by atoms with Crippen molar-refractivity contribution in [2.45, 2.75) is 17.0 Å². The molecule has 0 saturated carbocycles. The summed E-state index contributed by atoms with van der Waals surface area (Å²) in [6.45, 7) is 0. The largest absolute Gasteiger partial charge is 0.480 e. The number of rotatable bonds is 2. The number of thioether (sulfide) groups is 2. The zero-order valence-corrected chi connectivity index (χ0v) is 7.66. The maximum atomic E-state index is 10.4. The molecule has 0 aliphatic carbocycles. The van der Waals surface area contributed by atoms with Gasteiger partial charge in [-0.15, -0.1) is 23.5 Å². The van der Waals surface area contributed by atoms with Gasteiger partial charge < -0.3 is 10.8 Å². The molecule has 1 fully saturated rings. The summed E-state index contributed by atoms with van der Waals surface area (Å²) in [5.74, 6) is 1.19. The van der Waals surface area contributed by atoms with Gasteiger partial charge in [0, 0.05) is 0 Å². The summed E-state index contributed by atoms with van der Waals surface area (Å²) in [5.41, 5.74) is 5.45. The van der Waals surface area contributed by atoms with E-state index in [0.29, 0.717) is 0 Å². The molecule has 5 heteroatoms. The number of carboxylic acids is 1. The van der Waals surface area contributed by atoms with Gasteiger partial charge in [-0.05, 0) is 17.9 Å². The number of carbonyl (C=O) groups is 1. The Kier molecular flexibility index (Phi) is 3.54. The monoisotopic (exact) mass is 193 g/mol. The second-order valence-electron chi connectivity index (χ2n) is 2.33. The van der Waals surface area contributed by atoms with Crippen LogP contribution in [-0.2, 0) is 4.79 Å². The first-order valence-electron chi connectivity index (χ1n) is 3.43. The fraction of sp³-hybridized carbons (Fsp3) is 0.833. The molecule has 0 aromatic rings. The third-order valence-electron chi connectivity index (χ3n) is 1.43. The van der Waals surface area contributed by atoms with E-state index in [1.54, 1.807) is 23.5 Å². The Morgan fingerprint density at radius 2 is 2.09 bits per heavy atom. The van der Waals surface area contributed by atoms with Crippen LogP contribution in [0.5, 0.6) is 0 Å². The molecule has 11 heavy (non-hydrogen) atoms. The predicted molar refractivity (Wildman–Crippen MR) is 48.9 cm³/mol. The Morgan fingerprint density at radius 3 is 2.55 bits per heavy atom. The molecule has 0 bridgehead atoms. The molecule has 0 radical (unpaired) electrons. The minimum atomic E-state index is -0.892. The number of hydrogen-bond donors (Lipinski definition) is 2. The minimum absolute atomic E-state index is 0.0567. The summed E-state index contributed by atoms with van der Waals surface area (Å²) in [6.07, 6.45) is 1.16. The smallest absolute Gasteiger partial charge is 0.322 e. The van der Waals surface area contributed by atoms with Crippen molar-refractivity contribution in [3.05, 3.63) is 0 Å². The highest BCUT2D eigenvalue weighted by molar-refractivity contribution is 8.17. The third kappa shape index (κ3) is 2.57.